The molecule has 0 bridgehead atoms. The molecule has 27 heavy (non-hydrogen) atoms. The Labute approximate surface area is 158 Å². The Morgan fingerprint density at radius 3 is 2.52 bits per heavy atom. The molecule has 0 radical (unpaired) electrons. The van der Waals surface area contributed by atoms with Gasteiger partial charge in [0.25, 0.3) is 0 Å². The fraction of sp³-hybridized carbons (Fsp3) is 0.941. The second-order valence-electron chi connectivity index (χ2n) is 6.96. The predicted octanol–water partition coefficient (Wildman–Crippen LogP) is -1.86. The average Bonchev–Trinajstić information content (AvgIpc) is 2.67. The third-order valence-corrected chi connectivity index (χ3v) is 5.11. The normalized spacial score (nSPS) is 42.7. The van der Waals surface area contributed by atoms with Gasteiger partial charge in [-0.2, -0.15) is 0 Å². The Bertz CT molecular complexity index is 477. The number of aliphatic hydroxyl groups excluding tert-OH is 3. The highest BCUT2D eigenvalue weighted by Crippen LogP contribution is 2.32. The molecule has 0 aromatic carbocycles. The molecule has 0 aliphatic carbocycles. The molecule has 0 aromatic heterocycles. The second-order valence-corrected chi connectivity index (χ2v) is 6.96. The minimum absolute atomic E-state index is 0.226. The summed E-state index contributed by atoms with van der Waals surface area (Å²) in [5.41, 5.74) is 5.87. The number of hydrogen-bond acceptors (Lipinski definition) is 10. The summed E-state index contributed by atoms with van der Waals surface area (Å²) in [7, 11) is 1.23. The molecule has 0 amide bonds. The Morgan fingerprint density at radius 2 is 1.93 bits per heavy atom. The lowest BCUT2D eigenvalue weighted by Crippen LogP contribution is -2.62. The fourth-order valence-corrected chi connectivity index (χ4v) is 3.40. The average molecular weight is 393 g/mol. The maximum atomic E-state index is 11.4. The lowest BCUT2D eigenvalue weighted by molar-refractivity contribution is -0.321. The van der Waals surface area contributed by atoms with Crippen LogP contribution < -0.4 is 5.73 Å². The van der Waals surface area contributed by atoms with Gasteiger partial charge in [0.15, 0.2) is 6.29 Å². The van der Waals surface area contributed by atoms with Crippen LogP contribution in [0, 0.1) is 5.92 Å². The highest BCUT2D eigenvalue weighted by molar-refractivity contribution is 5.70. The minimum Gasteiger partial charge on any atom is -0.467 e. The number of methoxy groups -OCH3 is 1. The van der Waals surface area contributed by atoms with Gasteiger partial charge < -0.3 is 44.7 Å². The first kappa shape index (κ1) is 22.4. The molecule has 2 saturated heterocycles. The first-order chi connectivity index (χ1) is 12.8. The highest BCUT2D eigenvalue weighted by atomic mass is 16.7. The van der Waals surface area contributed by atoms with Gasteiger partial charge in [-0.1, -0.05) is 13.8 Å². The Kier molecular flexibility index (Phi) is 8.38. The quantitative estimate of drug-likeness (QED) is 0.363. The van der Waals surface area contributed by atoms with Gasteiger partial charge in [0.05, 0.1) is 38.6 Å². The largest absolute Gasteiger partial charge is 0.467 e. The molecule has 5 N–H and O–H groups in total. The van der Waals surface area contributed by atoms with Gasteiger partial charge in [0.1, 0.15) is 31.0 Å². The SMILES string of the molecule is CCC1OCC(N)[C@@H](O)[C@H]1OC1OC(CO)[C@H](O)[C@H](OCC(=O)OC)C1C. The van der Waals surface area contributed by atoms with Gasteiger partial charge in [-0.15, -0.1) is 0 Å². The number of carbonyl (C=O) groups is 1. The monoisotopic (exact) mass is 393 g/mol. The van der Waals surface area contributed by atoms with Crippen LogP contribution in [0.5, 0.6) is 0 Å². The van der Waals surface area contributed by atoms with Crippen molar-refractivity contribution in [1.29, 1.82) is 0 Å². The van der Waals surface area contributed by atoms with Gasteiger partial charge >= 0.3 is 5.97 Å². The Hall–Kier alpha value is -0.850. The van der Waals surface area contributed by atoms with E-state index in [0.29, 0.717) is 6.42 Å². The molecule has 2 heterocycles. The summed E-state index contributed by atoms with van der Waals surface area (Å²) in [5.74, 6) is -1.10. The summed E-state index contributed by atoms with van der Waals surface area (Å²) in [4.78, 5) is 11.4. The summed E-state index contributed by atoms with van der Waals surface area (Å²) in [5, 5.41) is 30.3. The molecule has 2 rings (SSSR count). The topological polar surface area (TPSA) is 150 Å². The van der Waals surface area contributed by atoms with Crippen molar-refractivity contribution in [2.45, 2.75) is 69.2 Å². The van der Waals surface area contributed by atoms with E-state index in [1.807, 2.05) is 6.92 Å². The molecule has 2 aliphatic rings. The van der Waals surface area contributed by atoms with Crippen molar-refractivity contribution < 1.29 is 43.8 Å². The van der Waals surface area contributed by atoms with Crippen molar-refractivity contribution in [3.8, 4) is 0 Å². The van der Waals surface area contributed by atoms with Crippen molar-refractivity contribution in [2.75, 3.05) is 26.9 Å². The molecular formula is C17H31NO9. The van der Waals surface area contributed by atoms with Crippen LogP contribution in [-0.2, 0) is 28.5 Å². The molecule has 9 atom stereocenters. The van der Waals surface area contributed by atoms with Crippen LogP contribution in [-0.4, -0.2) is 97.2 Å². The summed E-state index contributed by atoms with van der Waals surface area (Å²) in [6.45, 7) is 3.03. The van der Waals surface area contributed by atoms with E-state index in [9.17, 15) is 20.1 Å². The highest BCUT2D eigenvalue weighted by Gasteiger charge is 2.47. The van der Waals surface area contributed by atoms with Gasteiger partial charge in [-0.05, 0) is 6.42 Å². The Balaban J connectivity index is 2.12. The van der Waals surface area contributed by atoms with Crippen LogP contribution in [0.3, 0.4) is 0 Å². The van der Waals surface area contributed by atoms with E-state index in [1.54, 1.807) is 6.92 Å². The van der Waals surface area contributed by atoms with Crippen molar-refractivity contribution in [3.05, 3.63) is 0 Å². The summed E-state index contributed by atoms with van der Waals surface area (Å²) >= 11 is 0. The van der Waals surface area contributed by atoms with Crippen molar-refractivity contribution in [3.63, 3.8) is 0 Å². The van der Waals surface area contributed by atoms with E-state index in [4.69, 9.17) is 24.7 Å². The van der Waals surface area contributed by atoms with E-state index in [2.05, 4.69) is 4.74 Å². The molecule has 0 saturated carbocycles. The summed E-state index contributed by atoms with van der Waals surface area (Å²) < 4.78 is 27.3. The molecule has 2 fully saturated rings. The Morgan fingerprint density at radius 1 is 1.22 bits per heavy atom. The summed E-state index contributed by atoms with van der Waals surface area (Å²) in [6, 6.07) is -0.595. The third kappa shape index (κ3) is 5.15. The van der Waals surface area contributed by atoms with Crippen LogP contribution in [0.1, 0.15) is 20.3 Å². The van der Waals surface area contributed by atoms with Crippen molar-refractivity contribution in [2.24, 2.45) is 11.7 Å². The van der Waals surface area contributed by atoms with Crippen LogP contribution in [0.2, 0.25) is 0 Å². The van der Waals surface area contributed by atoms with E-state index < -0.39 is 61.3 Å². The fourth-order valence-electron chi connectivity index (χ4n) is 3.40. The van der Waals surface area contributed by atoms with Crippen LogP contribution in [0.4, 0.5) is 0 Å². The van der Waals surface area contributed by atoms with Crippen LogP contribution in [0.25, 0.3) is 0 Å². The first-order valence-corrected chi connectivity index (χ1v) is 9.17. The number of ether oxygens (including phenoxy) is 5. The van der Waals surface area contributed by atoms with E-state index in [1.165, 1.54) is 7.11 Å². The number of rotatable bonds is 7. The first-order valence-electron chi connectivity index (χ1n) is 9.17. The molecule has 5 unspecified atom stereocenters. The number of hydrogen-bond donors (Lipinski definition) is 4. The van der Waals surface area contributed by atoms with E-state index >= 15 is 0 Å². The molecule has 158 valence electrons. The second kappa shape index (κ2) is 10.1. The van der Waals surface area contributed by atoms with Crippen molar-refractivity contribution >= 4 is 5.97 Å². The van der Waals surface area contributed by atoms with Gasteiger partial charge in [0.2, 0.25) is 0 Å². The van der Waals surface area contributed by atoms with Crippen LogP contribution in [0.15, 0.2) is 0 Å². The van der Waals surface area contributed by atoms with Gasteiger partial charge in [0, 0.05) is 5.92 Å². The maximum Gasteiger partial charge on any atom is 0.331 e. The molecular weight excluding hydrogens is 362 g/mol. The van der Waals surface area contributed by atoms with E-state index in [-0.39, 0.29) is 19.3 Å². The molecule has 2 aliphatic heterocycles. The molecule has 10 heteroatoms. The lowest BCUT2D eigenvalue weighted by Gasteiger charge is -2.46. The molecule has 0 aromatic rings. The number of nitrogens with two attached hydrogens (primary N) is 1. The molecule has 0 spiro atoms. The lowest BCUT2D eigenvalue weighted by atomic mass is 9.91. The van der Waals surface area contributed by atoms with E-state index in [0.717, 1.165) is 0 Å². The zero-order valence-electron chi connectivity index (χ0n) is 15.9. The summed E-state index contributed by atoms with van der Waals surface area (Å²) in [6.07, 6.45) is -5.33. The van der Waals surface area contributed by atoms with Gasteiger partial charge in [-0.25, -0.2) is 4.79 Å². The number of esters is 1. The minimum atomic E-state index is -1.16. The standard InChI is InChI=1S/C17H31NO9/c1-4-10-16(13(21)9(18)6-24-10)27-17-8(2)15(25-7-12(20)23-3)14(22)11(5-19)26-17/h8-11,13-17,19,21-22H,4-7,18H2,1-3H3/t8?,9?,10?,11?,13-,14+,15-,16+,17?/m1/s1. The van der Waals surface area contributed by atoms with Gasteiger partial charge in [-0.3, -0.25) is 0 Å². The predicted molar refractivity (Wildman–Crippen MR) is 91.6 cm³/mol. The van der Waals surface area contributed by atoms with Crippen molar-refractivity contribution in [1.82, 2.24) is 0 Å². The number of carbonyl (C=O) groups excluding carboxylic acids is 1. The zero-order valence-corrected chi connectivity index (χ0v) is 15.9. The number of aliphatic hydroxyl groups is 3. The molecule has 10 nitrogen and oxygen atoms in total. The zero-order chi connectivity index (χ0) is 20.1. The van der Waals surface area contributed by atoms with Crippen LogP contribution >= 0.6 is 0 Å². The third-order valence-electron chi connectivity index (χ3n) is 5.11. The smallest absolute Gasteiger partial charge is 0.331 e. The maximum absolute atomic E-state index is 11.4.